The molecule has 1 aliphatic heterocycles. The summed E-state index contributed by atoms with van der Waals surface area (Å²) in [5.74, 6) is 0.916. The fourth-order valence-electron chi connectivity index (χ4n) is 3.25. The first-order valence-corrected chi connectivity index (χ1v) is 6.55. The lowest BCUT2D eigenvalue weighted by molar-refractivity contribution is -0.146. The van der Waals surface area contributed by atoms with Crippen LogP contribution in [-0.2, 0) is 19.7 Å². The Morgan fingerprint density at radius 2 is 1.95 bits per heavy atom. The summed E-state index contributed by atoms with van der Waals surface area (Å²) >= 11 is 0. The largest absolute Gasteiger partial charge is 0.493 e. The number of esters is 1. The van der Waals surface area contributed by atoms with Gasteiger partial charge in [-0.3, -0.25) is 9.59 Å². The van der Waals surface area contributed by atoms with Crippen molar-refractivity contribution in [3.8, 4) is 11.5 Å². The smallest absolute Gasteiger partial charge is 0.307 e. The van der Waals surface area contributed by atoms with E-state index in [1.165, 1.54) is 0 Å². The van der Waals surface area contributed by atoms with Crippen molar-refractivity contribution in [2.24, 2.45) is 0 Å². The van der Waals surface area contributed by atoms with Crippen molar-refractivity contribution in [3.63, 3.8) is 0 Å². The van der Waals surface area contributed by atoms with Crippen LogP contribution in [0.15, 0.2) is 18.2 Å². The van der Waals surface area contributed by atoms with Gasteiger partial charge in [0.15, 0.2) is 23.4 Å². The van der Waals surface area contributed by atoms with E-state index in [0.29, 0.717) is 24.3 Å². The Labute approximate surface area is 116 Å². The molecule has 106 valence electrons. The maximum Gasteiger partial charge on any atom is 0.307 e. The zero-order chi connectivity index (χ0) is 14.3. The monoisotopic (exact) mass is 276 g/mol. The van der Waals surface area contributed by atoms with E-state index in [-0.39, 0.29) is 18.2 Å². The van der Waals surface area contributed by atoms with Gasteiger partial charge in [-0.25, -0.2) is 0 Å². The van der Waals surface area contributed by atoms with Crippen LogP contribution in [0, 0.1) is 0 Å². The minimum atomic E-state index is -0.645. The van der Waals surface area contributed by atoms with Gasteiger partial charge in [-0.15, -0.1) is 0 Å². The number of carbonyl (C=O) groups is 2. The van der Waals surface area contributed by atoms with Gasteiger partial charge in [-0.1, -0.05) is 6.07 Å². The maximum atomic E-state index is 11.9. The summed E-state index contributed by atoms with van der Waals surface area (Å²) in [6, 6.07) is 5.52. The molecule has 1 saturated heterocycles. The second kappa shape index (κ2) is 4.51. The molecule has 0 radical (unpaired) electrons. The van der Waals surface area contributed by atoms with Crippen LogP contribution in [0.25, 0.3) is 0 Å². The van der Waals surface area contributed by atoms with Crippen molar-refractivity contribution in [1.82, 2.24) is 0 Å². The Morgan fingerprint density at radius 3 is 2.65 bits per heavy atom. The topological polar surface area (TPSA) is 61.8 Å². The van der Waals surface area contributed by atoms with E-state index in [1.807, 2.05) is 12.1 Å². The molecule has 1 unspecified atom stereocenters. The number of rotatable bonds is 3. The third-order valence-electron chi connectivity index (χ3n) is 4.28. The van der Waals surface area contributed by atoms with Gasteiger partial charge in [-0.05, 0) is 24.1 Å². The molecule has 2 atom stereocenters. The first kappa shape index (κ1) is 13.0. The van der Waals surface area contributed by atoms with Gasteiger partial charge in [0, 0.05) is 6.42 Å². The van der Waals surface area contributed by atoms with Crippen molar-refractivity contribution < 1.29 is 23.8 Å². The Kier molecular flexibility index (Phi) is 2.92. The van der Waals surface area contributed by atoms with Crippen LogP contribution in [0.4, 0.5) is 0 Å². The Morgan fingerprint density at radius 1 is 1.20 bits per heavy atom. The van der Waals surface area contributed by atoms with E-state index in [4.69, 9.17) is 14.2 Å². The van der Waals surface area contributed by atoms with Crippen LogP contribution in [0.3, 0.4) is 0 Å². The molecule has 0 aromatic heterocycles. The third kappa shape index (κ3) is 1.69. The number of Topliss-reactive ketones (excluding diaryl/α,β-unsaturated/α-hetero) is 1. The number of benzene rings is 1. The lowest BCUT2D eigenvalue weighted by Gasteiger charge is -2.26. The zero-order valence-corrected chi connectivity index (χ0v) is 11.5. The highest BCUT2D eigenvalue weighted by Crippen LogP contribution is 2.49. The molecule has 1 saturated carbocycles. The van der Waals surface area contributed by atoms with Crippen molar-refractivity contribution in [1.29, 1.82) is 0 Å². The maximum absolute atomic E-state index is 11.9. The molecule has 3 rings (SSSR count). The average Bonchev–Trinajstić information content (AvgIpc) is 2.95. The fourth-order valence-corrected chi connectivity index (χ4v) is 3.25. The van der Waals surface area contributed by atoms with Crippen LogP contribution in [0.2, 0.25) is 0 Å². The quantitative estimate of drug-likeness (QED) is 0.785. The number of fused-ring (bicyclic) bond motifs is 1. The standard InChI is InChI=1S/C15H16O5/c1-18-11-4-3-9(7-12(11)19-2)15-6-5-10(16)14(15)20-13(17)8-15/h3-4,7,14H,5-6,8H2,1-2H3/t14?,15-/m0/s1. The van der Waals surface area contributed by atoms with Gasteiger partial charge in [0.2, 0.25) is 0 Å². The summed E-state index contributed by atoms with van der Waals surface area (Å²) in [7, 11) is 3.13. The fraction of sp³-hybridized carbons (Fsp3) is 0.467. The third-order valence-corrected chi connectivity index (χ3v) is 4.28. The number of methoxy groups -OCH3 is 2. The molecular weight excluding hydrogens is 260 g/mol. The van der Waals surface area contributed by atoms with E-state index in [2.05, 4.69) is 0 Å². The van der Waals surface area contributed by atoms with Gasteiger partial charge >= 0.3 is 5.97 Å². The molecule has 0 amide bonds. The minimum Gasteiger partial charge on any atom is -0.493 e. The molecule has 1 heterocycles. The van der Waals surface area contributed by atoms with Gasteiger partial charge in [0.25, 0.3) is 0 Å². The molecule has 0 bridgehead atoms. The van der Waals surface area contributed by atoms with E-state index in [0.717, 1.165) is 5.56 Å². The molecule has 1 aromatic carbocycles. The second-order valence-corrected chi connectivity index (χ2v) is 5.24. The second-order valence-electron chi connectivity index (χ2n) is 5.24. The molecule has 20 heavy (non-hydrogen) atoms. The van der Waals surface area contributed by atoms with Crippen molar-refractivity contribution in [3.05, 3.63) is 23.8 Å². The molecule has 1 aliphatic carbocycles. The molecule has 2 aliphatic rings. The Bertz CT molecular complexity index is 580. The number of hydrogen-bond donors (Lipinski definition) is 0. The van der Waals surface area contributed by atoms with Gasteiger partial charge in [0.05, 0.1) is 26.1 Å². The van der Waals surface area contributed by atoms with E-state index < -0.39 is 11.5 Å². The van der Waals surface area contributed by atoms with Crippen LogP contribution >= 0.6 is 0 Å². The van der Waals surface area contributed by atoms with Crippen molar-refractivity contribution >= 4 is 11.8 Å². The molecule has 2 fully saturated rings. The summed E-state index contributed by atoms with van der Waals surface area (Å²) < 4.78 is 15.7. The molecule has 1 aromatic rings. The van der Waals surface area contributed by atoms with Crippen LogP contribution < -0.4 is 9.47 Å². The van der Waals surface area contributed by atoms with E-state index >= 15 is 0 Å². The first-order valence-electron chi connectivity index (χ1n) is 6.55. The molecule has 5 nitrogen and oxygen atoms in total. The molecule has 0 N–H and O–H groups in total. The summed E-state index contributed by atoms with van der Waals surface area (Å²) in [6.07, 6.45) is 0.691. The van der Waals surface area contributed by atoms with Crippen LogP contribution in [-0.4, -0.2) is 32.1 Å². The number of carbonyl (C=O) groups excluding carboxylic acids is 2. The zero-order valence-electron chi connectivity index (χ0n) is 11.5. The van der Waals surface area contributed by atoms with E-state index in [9.17, 15) is 9.59 Å². The highest BCUT2D eigenvalue weighted by Gasteiger charge is 2.57. The van der Waals surface area contributed by atoms with Crippen LogP contribution in [0.1, 0.15) is 24.8 Å². The summed E-state index contributed by atoms with van der Waals surface area (Å²) in [4.78, 5) is 23.6. The lowest BCUT2D eigenvalue weighted by atomic mass is 9.76. The number of hydrogen-bond acceptors (Lipinski definition) is 5. The number of ether oxygens (including phenoxy) is 3. The normalized spacial score (nSPS) is 28.2. The highest BCUT2D eigenvalue weighted by molar-refractivity contribution is 5.94. The van der Waals surface area contributed by atoms with Gasteiger partial charge in [0.1, 0.15) is 0 Å². The highest BCUT2D eigenvalue weighted by atomic mass is 16.6. The molecule has 0 spiro atoms. The van der Waals surface area contributed by atoms with Gasteiger partial charge in [-0.2, -0.15) is 0 Å². The van der Waals surface area contributed by atoms with E-state index in [1.54, 1.807) is 20.3 Å². The first-order chi connectivity index (χ1) is 9.60. The summed E-state index contributed by atoms with van der Waals surface area (Å²) in [6.45, 7) is 0. The summed E-state index contributed by atoms with van der Waals surface area (Å²) in [5.41, 5.74) is 0.366. The predicted molar refractivity (Wildman–Crippen MR) is 70.0 cm³/mol. The average molecular weight is 276 g/mol. The SMILES string of the molecule is COc1ccc([C@@]23CCC(=O)C2OC(=O)C3)cc1OC. The Balaban J connectivity index is 2.07. The lowest BCUT2D eigenvalue weighted by Crippen LogP contribution is -2.33. The molecule has 5 heteroatoms. The molecular formula is C15H16O5. The summed E-state index contributed by atoms with van der Waals surface area (Å²) in [5, 5.41) is 0. The minimum absolute atomic E-state index is 0.00522. The number of ketones is 1. The predicted octanol–water partition coefficient (Wildman–Crippen LogP) is 1.62. The Hall–Kier alpha value is -2.04. The van der Waals surface area contributed by atoms with Crippen molar-refractivity contribution in [2.75, 3.05) is 14.2 Å². The van der Waals surface area contributed by atoms with Crippen molar-refractivity contribution in [2.45, 2.75) is 30.8 Å². The van der Waals surface area contributed by atoms with Gasteiger partial charge < -0.3 is 14.2 Å². The van der Waals surface area contributed by atoms with Crippen LogP contribution in [0.5, 0.6) is 11.5 Å².